The summed E-state index contributed by atoms with van der Waals surface area (Å²) < 4.78 is 5.77. The fourth-order valence-electron chi connectivity index (χ4n) is 2.51. The highest BCUT2D eigenvalue weighted by Gasteiger charge is 2.05. The van der Waals surface area contributed by atoms with Crippen molar-refractivity contribution < 1.29 is 9.53 Å². The average molecular weight is 393 g/mol. The summed E-state index contributed by atoms with van der Waals surface area (Å²) in [7, 11) is 0. The van der Waals surface area contributed by atoms with Crippen molar-refractivity contribution in [2.75, 3.05) is 0 Å². The van der Waals surface area contributed by atoms with E-state index >= 15 is 0 Å². The van der Waals surface area contributed by atoms with Crippen LogP contribution in [0.25, 0.3) is 0 Å². The second-order valence-electron chi connectivity index (χ2n) is 6.51. The minimum Gasteiger partial charge on any atom is -0.489 e. The van der Waals surface area contributed by atoms with Gasteiger partial charge in [0, 0.05) is 10.6 Å². The van der Waals surface area contributed by atoms with E-state index in [1.165, 1.54) is 5.56 Å². The van der Waals surface area contributed by atoms with Gasteiger partial charge in [0.1, 0.15) is 12.4 Å². The van der Waals surface area contributed by atoms with Gasteiger partial charge in [-0.3, -0.25) is 4.79 Å². The zero-order chi connectivity index (χ0) is 19.9. The van der Waals surface area contributed by atoms with Crippen molar-refractivity contribution >= 4 is 23.7 Å². The number of aryl methyl sites for hydroxylation is 2. The third kappa shape index (κ3) is 5.44. The van der Waals surface area contributed by atoms with Gasteiger partial charge in [0.05, 0.1) is 6.21 Å². The predicted molar refractivity (Wildman–Crippen MR) is 113 cm³/mol. The lowest BCUT2D eigenvalue weighted by atomic mass is 10.1. The fraction of sp³-hybridized carbons (Fsp3) is 0.130. The number of hydrogen-bond acceptors (Lipinski definition) is 3. The average Bonchev–Trinajstić information content (AvgIpc) is 2.70. The lowest BCUT2D eigenvalue weighted by Crippen LogP contribution is -2.17. The molecule has 5 heteroatoms. The number of nitrogens with zero attached hydrogens (tertiary/aromatic N) is 1. The molecule has 1 N–H and O–H groups in total. The van der Waals surface area contributed by atoms with Gasteiger partial charge in [-0.15, -0.1) is 0 Å². The zero-order valence-electron chi connectivity index (χ0n) is 15.8. The van der Waals surface area contributed by atoms with E-state index in [0.29, 0.717) is 17.2 Å². The first kappa shape index (κ1) is 19.6. The van der Waals surface area contributed by atoms with Crippen LogP contribution >= 0.6 is 11.6 Å². The minimum absolute atomic E-state index is 0.260. The molecule has 0 fully saturated rings. The van der Waals surface area contributed by atoms with Gasteiger partial charge in [0.2, 0.25) is 0 Å². The minimum atomic E-state index is -0.260. The summed E-state index contributed by atoms with van der Waals surface area (Å²) in [5.41, 5.74) is 7.11. The van der Waals surface area contributed by atoms with Crippen LogP contribution in [-0.4, -0.2) is 12.1 Å². The standard InChI is InChI=1S/C23H21ClN2O2/c1-16-3-5-18(6-4-16)14-25-26-23(27)20-9-7-19(8-10-20)15-28-21-11-12-22(24)17(2)13-21/h3-14H,15H2,1-2H3,(H,26,27)/b25-14-. The fourth-order valence-corrected chi connectivity index (χ4v) is 2.63. The number of nitrogens with one attached hydrogen (secondary N) is 1. The Bertz CT molecular complexity index is 980. The van der Waals surface area contributed by atoms with Crippen LogP contribution in [0.1, 0.15) is 32.6 Å². The quantitative estimate of drug-likeness (QED) is 0.457. The number of amides is 1. The monoisotopic (exact) mass is 392 g/mol. The highest BCUT2D eigenvalue weighted by atomic mass is 35.5. The molecule has 0 unspecified atom stereocenters. The Morgan fingerprint density at radius 1 is 1.04 bits per heavy atom. The van der Waals surface area contributed by atoms with Crippen LogP contribution in [0.15, 0.2) is 71.8 Å². The van der Waals surface area contributed by atoms with Crippen molar-refractivity contribution in [3.05, 3.63) is 99.6 Å². The maximum absolute atomic E-state index is 12.2. The van der Waals surface area contributed by atoms with Gasteiger partial charge < -0.3 is 4.74 Å². The van der Waals surface area contributed by atoms with Crippen molar-refractivity contribution in [3.8, 4) is 5.75 Å². The predicted octanol–water partition coefficient (Wildman–Crippen LogP) is 5.30. The number of hydrogen-bond donors (Lipinski definition) is 1. The van der Waals surface area contributed by atoms with Crippen LogP contribution < -0.4 is 10.2 Å². The Balaban J connectivity index is 1.53. The molecule has 0 aliphatic carbocycles. The van der Waals surface area contributed by atoms with Gasteiger partial charge in [-0.25, -0.2) is 5.43 Å². The summed E-state index contributed by atoms with van der Waals surface area (Å²) in [5, 5.41) is 4.72. The molecular weight excluding hydrogens is 372 g/mol. The summed E-state index contributed by atoms with van der Waals surface area (Å²) in [5.74, 6) is 0.498. The number of halogens is 1. The Morgan fingerprint density at radius 3 is 2.43 bits per heavy atom. The van der Waals surface area contributed by atoms with Crippen molar-refractivity contribution in [2.45, 2.75) is 20.5 Å². The molecule has 3 aromatic carbocycles. The lowest BCUT2D eigenvalue weighted by Gasteiger charge is -2.08. The number of benzene rings is 3. The Kier molecular flexibility index (Phi) is 6.45. The number of rotatable bonds is 6. The van der Waals surface area contributed by atoms with E-state index in [0.717, 1.165) is 22.4 Å². The van der Waals surface area contributed by atoms with Crippen LogP contribution in [0.5, 0.6) is 5.75 Å². The van der Waals surface area contributed by atoms with Crippen molar-refractivity contribution in [1.29, 1.82) is 0 Å². The molecule has 1 amide bonds. The van der Waals surface area contributed by atoms with E-state index in [9.17, 15) is 4.79 Å². The highest BCUT2D eigenvalue weighted by molar-refractivity contribution is 6.31. The molecule has 0 heterocycles. The van der Waals surface area contributed by atoms with Gasteiger partial charge >= 0.3 is 0 Å². The second kappa shape index (κ2) is 9.20. The Hall–Kier alpha value is -3.11. The van der Waals surface area contributed by atoms with Gasteiger partial charge in [0.15, 0.2) is 0 Å². The topological polar surface area (TPSA) is 50.7 Å². The zero-order valence-corrected chi connectivity index (χ0v) is 16.5. The van der Waals surface area contributed by atoms with Crippen molar-refractivity contribution in [1.82, 2.24) is 5.43 Å². The molecule has 0 atom stereocenters. The van der Waals surface area contributed by atoms with Crippen molar-refractivity contribution in [3.63, 3.8) is 0 Å². The summed E-state index contributed by atoms with van der Waals surface area (Å²) in [6.45, 7) is 4.37. The maximum Gasteiger partial charge on any atom is 0.271 e. The van der Waals surface area contributed by atoms with Crippen LogP contribution in [-0.2, 0) is 6.61 Å². The van der Waals surface area contributed by atoms with E-state index in [-0.39, 0.29) is 5.91 Å². The third-order valence-electron chi connectivity index (χ3n) is 4.21. The Morgan fingerprint density at radius 2 is 1.75 bits per heavy atom. The van der Waals surface area contributed by atoms with Gasteiger partial charge in [0.25, 0.3) is 5.91 Å². The molecule has 4 nitrogen and oxygen atoms in total. The molecular formula is C23H21ClN2O2. The van der Waals surface area contributed by atoms with Crippen LogP contribution in [0, 0.1) is 13.8 Å². The molecule has 0 saturated carbocycles. The van der Waals surface area contributed by atoms with Crippen LogP contribution in [0.4, 0.5) is 0 Å². The molecule has 28 heavy (non-hydrogen) atoms. The second-order valence-corrected chi connectivity index (χ2v) is 6.91. The number of ether oxygens (including phenoxy) is 1. The number of hydrazone groups is 1. The molecule has 3 rings (SSSR count). The molecule has 3 aromatic rings. The first-order chi connectivity index (χ1) is 13.5. The molecule has 0 saturated heterocycles. The smallest absolute Gasteiger partial charge is 0.271 e. The summed E-state index contributed by atoms with van der Waals surface area (Å²) in [4.78, 5) is 12.2. The lowest BCUT2D eigenvalue weighted by molar-refractivity contribution is 0.0955. The van der Waals surface area contributed by atoms with E-state index in [1.54, 1.807) is 18.3 Å². The van der Waals surface area contributed by atoms with Gasteiger partial charge in [-0.05, 0) is 60.9 Å². The largest absolute Gasteiger partial charge is 0.489 e. The molecule has 0 aliphatic rings. The molecule has 0 aromatic heterocycles. The first-order valence-electron chi connectivity index (χ1n) is 8.89. The van der Waals surface area contributed by atoms with E-state index in [2.05, 4.69) is 10.5 Å². The van der Waals surface area contributed by atoms with E-state index < -0.39 is 0 Å². The first-order valence-corrected chi connectivity index (χ1v) is 9.27. The summed E-state index contributed by atoms with van der Waals surface area (Å²) >= 11 is 6.02. The molecule has 0 spiro atoms. The number of carbonyl (C=O) groups excluding carboxylic acids is 1. The highest BCUT2D eigenvalue weighted by Crippen LogP contribution is 2.21. The van der Waals surface area contributed by atoms with Crippen LogP contribution in [0.3, 0.4) is 0 Å². The van der Waals surface area contributed by atoms with Gasteiger partial charge in [-0.1, -0.05) is 53.6 Å². The van der Waals surface area contributed by atoms with E-state index in [1.807, 2.05) is 68.4 Å². The molecule has 0 bridgehead atoms. The van der Waals surface area contributed by atoms with E-state index in [4.69, 9.17) is 16.3 Å². The van der Waals surface area contributed by atoms with Crippen molar-refractivity contribution in [2.24, 2.45) is 5.10 Å². The third-order valence-corrected chi connectivity index (χ3v) is 4.63. The Labute approximate surface area is 169 Å². The number of carbonyl (C=O) groups is 1. The molecule has 142 valence electrons. The summed E-state index contributed by atoms with van der Waals surface area (Å²) in [6.07, 6.45) is 1.62. The molecule has 0 radical (unpaired) electrons. The SMILES string of the molecule is Cc1ccc(/C=N\NC(=O)c2ccc(COc3ccc(Cl)c(C)c3)cc2)cc1. The van der Waals surface area contributed by atoms with Gasteiger partial charge in [-0.2, -0.15) is 5.10 Å². The normalized spacial score (nSPS) is 10.8. The van der Waals surface area contributed by atoms with Crippen LogP contribution in [0.2, 0.25) is 5.02 Å². The molecule has 0 aliphatic heterocycles. The summed E-state index contributed by atoms with van der Waals surface area (Å²) in [6, 6.07) is 20.7. The maximum atomic E-state index is 12.2.